The van der Waals surface area contributed by atoms with Gasteiger partial charge in [0.15, 0.2) is 5.96 Å². The van der Waals surface area contributed by atoms with Gasteiger partial charge in [-0.15, -0.1) is 0 Å². The van der Waals surface area contributed by atoms with Crippen LogP contribution in [0.15, 0.2) is 47.5 Å². The number of carbonyl (C=O) groups is 2. The molecule has 0 saturated carbocycles. The number of guanidine groups is 1. The summed E-state index contributed by atoms with van der Waals surface area (Å²) >= 11 is 0. The number of benzene rings is 2. The number of hydrogen-bond donors (Lipinski definition) is 3. The number of aliphatic hydroxyl groups is 1. The minimum absolute atomic E-state index is 0.0549. The van der Waals surface area contributed by atoms with E-state index < -0.39 is 23.2 Å². The highest BCUT2D eigenvalue weighted by Crippen LogP contribution is 2.42. The zero-order valence-electron chi connectivity index (χ0n) is 21.7. The van der Waals surface area contributed by atoms with Gasteiger partial charge in [-0.1, -0.05) is 25.1 Å². The van der Waals surface area contributed by atoms with Crippen LogP contribution in [0.1, 0.15) is 80.5 Å². The normalized spacial score (nSPS) is 30.8. The number of nitrogens with one attached hydrogen (secondary N) is 1. The van der Waals surface area contributed by atoms with E-state index in [0.717, 1.165) is 0 Å². The smallest absolute Gasteiger partial charge is 0.251 e. The molecule has 5 atom stereocenters. The number of nitrogens with zero attached hydrogens (tertiary/aromatic N) is 2. The zero-order chi connectivity index (χ0) is 26.5. The van der Waals surface area contributed by atoms with Crippen LogP contribution in [-0.4, -0.2) is 51.6 Å². The summed E-state index contributed by atoms with van der Waals surface area (Å²) < 4.78 is 11.7. The summed E-state index contributed by atoms with van der Waals surface area (Å²) in [5.41, 5.74) is 6.34. The Labute approximate surface area is 216 Å². The lowest BCUT2D eigenvalue weighted by atomic mass is 9.87. The van der Waals surface area contributed by atoms with E-state index in [1.807, 2.05) is 45.0 Å². The summed E-state index contributed by atoms with van der Waals surface area (Å²) in [5, 5.41) is 14.0. The molecule has 9 heteroatoms. The molecule has 196 valence electrons. The van der Waals surface area contributed by atoms with E-state index in [1.54, 1.807) is 30.0 Å². The summed E-state index contributed by atoms with van der Waals surface area (Å²) in [5.74, 6) is 0.979. The molecule has 0 bridgehead atoms. The highest BCUT2D eigenvalue weighted by atomic mass is 16.5. The standard InChI is InChI=1S/C28H34N4O5/c1-5-27(3)14-23(33)32(26(29)31-27)20-12-16(2)37-22-11-10-17(13-19(20)22)25(34)30-24-18-8-6-7-9-21(18)36-15-28(24,4)35/h6-11,13,16,20,24,35H,5,12,14-15H2,1-4H3,(H2,29,31)(H,30,34)/t16?,20?,24-,27-,28-/m1/s1. The Morgan fingerprint density at radius 1 is 1.22 bits per heavy atom. The van der Waals surface area contributed by atoms with Crippen LogP contribution < -0.4 is 20.5 Å². The fourth-order valence-corrected chi connectivity index (χ4v) is 5.39. The van der Waals surface area contributed by atoms with Gasteiger partial charge in [0.2, 0.25) is 5.91 Å². The van der Waals surface area contributed by atoms with Crippen LogP contribution in [0.5, 0.6) is 11.5 Å². The van der Waals surface area contributed by atoms with E-state index >= 15 is 0 Å². The molecular weight excluding hydrogens is 472 g/mol. The van der Waals surface area contributed by atoms with Crippen LogP contribution in [0, 0.1) is 0 Å². The molecule has 0 spiro atoms. The van der Waals surface area contributed by atoms with Crippen LogP contribution in [0.3, 0.4) is 0 Å². The van der Waals surface area contributed by atoms with Gasteiger partial charge in [0.25, 0.3) is 5.91 Å². The number of aliphatic imine (C=N–C) groups is 1. The zero-order valence-corrected chi connectivity index (χ0v) is 21.7. The van der Waals surface area contributed by atoms with Crippen molar-refractivity contribution in [1.82, 2.24) is 10.2 Å². The van der Waals surface area contributed by atoms with Crippen molar-refractivity contribution in [2.75, 3.05) is 6.61 Å². The van der Waals surface area contributed by atoms with Gasteiger partial charge in [-0.2, -0.15) is 0 Å². The maximum atomic E-state index is 13.5. The van der Waals surface area contributed by atoms with E-state index in [-0.39, 0.29) is 36.9 Å². The molecule has 2 unspecified atom stereocenters. The van der Waals surface area contributed by atoms with Crippen LogP contribution in [0.4, 0.5) is 0 Å². The van der Waals surface area contributed by atoms with Crippen molar-refractivity contribution >= 4 is 17.8 Å². The van der Waals surface area contributed by atoms with Crippen molar-refractivity contribution in [2.24, 2.45) is 10.7 Å². The van der Waals surface area contributed by atoms with Crippen molar-refractivity contribution in [1.29, 1.82) is 0 Å². The lowest BCUT2D eigenvalue weighted by molar-refractivity contribution is -0.132. The van der Waals surface area contributed by atoms with Crippen molar-refractivity contribution in [2.45, 2.75) is 76.3 Å². The topological polar surface area (TPSA) is 126 Å². The summed E-state index contributed by atoms with van der Waals surface area (Å²) in [6, 6.07) is 11.5. The molecule has 3 aliphatic heterocycles. The first-order valence-corrected chi connectivity index (χ1v) is 12.7. The quantitative estimate of drug-likeness (QED) is 0.585. The van der Waals surface area contributed by atoms with Gasteiger partial charge in [0.05, 0.1) is 30.1 Å². The number of para-hydroxylation sites is 1. The number of hydrogen-bond acceptors (Lipinski definition) is 7. The second-order valence-corrected chi connectivity index (χ2v) is 10.8. The summed E-state index contributed by atoms with van der Waals surface area (Å²) in [4.78, 5) is 32.9. The fourth-order valence-electron chi connectivity index (χ4n) is 5.39. The third-order valence-corrected chi connectivity index (χ3v) is 7.67. The molecular formula is C28H34N4O5. The van der Waals surface area contributed by atoms with Crippen LogP contribution in [-0.2, 0) is 4.79 Å². The Kier molecular flexibility index (Phi) is 6.14. The Morgan fingerprint density at radius 2 is 1.97 bits per heavy atom. The van der Waals surface area contributed by atoms with Gasteiger partial charge in [-0.25, -0.2) is 4.99 Å². The van der Waals surface area contributed by atoms with Gasteiger partial charge in [-0.05, 0) is 51.5 Å². The van der Waals surface area contributed by atoms with Crippen LogP contribution in [0.25, 0.3) is 0 Å². The highest BCUT2D eigenvalue weighted by Gasteiger charge is 2.43. The molecule has 3 aliphatic rings. The maximum absolute atomic E-state index is 13.5. The number of rotatable bonds is 4. The van der Waals surface area contributed by atoms with E-state index in [9.17, 15) is 14.7 Å². The largest absolute Gasteiger partial charge is 0.490 e. The Hall–Kier alpha value is -3.59. The maximum Gasteiger partial charge on any atom is 0.251 e. The molecule has 5 rings (SSSR count). The molecule has 4 N–H and O–H groups in total. The molecule has 2 amide bonds. The minimum Gasteiger partial charge on any atom is -0.490 e. The molecule has 9 nitrogen and oxygen atoms in total. The summed E-state index contributed by atoms with van der Waals surface area (Å²) in [6.07, 6.45) is 1.35. The fraction of sp³-hybridized carbons (Fsp3) is 0.464. The van der Waals surface area contributed by atoms with E-state index in [1.165, 1.54) is 0 Å². The van der Waals surface area contributed by atoms with Crippen molar-refractivity contribution in [3.8, 4) is 11.5 Å². The van der Waals surface area contributed by atoms with E-state index in [2.05, 4.69) is 10.3 Å². The Balaban J connectivity index is 1.47. The second kappa shape index (κ2) is 9.06. The SMILES string of the molecule is CC[C@]1(C)CC(=O)N(C2CC(C)Oc3ccc(C(=O)N[C@@H]4c5ccccc5OC[C@@]4(C)O)cc32)C(N)=N1. The number of carbonyl (C=O) groups excluding carboxylic acids is 2. The lowest BCUT2D eigenvalue weighted by Gasteiger charge is -2.42. The third-order valence-electron chi connectivity index (χ3n) is 7.67. The minimum atomic E-state index is -1.30. The first-order valence-electron chi connectivity index (χ1n) is 12.7. The highest BCUT2D eigenvalue weighted by molar-refractivity contribution is 6.00. The number of nitrogens with two attached hydrogens (primary N) is 1. The van der Waals surface area contributed by atoms with Crippen molar-refractivity contribution in [3.63, 3.8) is 0 Å². The first kappa shape index (κ1) is 25.1. The predicted molar refractivity (Wildman–Crippen MR) is 138 cm³/mol. The van der Waals surface area contributed by atoms with Crippen molar-refractivity contribution < 1.29 is 24.2 Å². The molecule has 2 aromatic carbocycles. The average molecular weight is 507 g/mol. The lowest BCUT2D eigenvalue weighted by Crippen LogP contribution is -2.53. The number of ether oxygens (including phenoxy) is 2. The number of amides is 2. The van der Waals surface area contributed by atoms with Gasteiger partial charge in [0, 0.05) is 23.1 Å². The summed E-state index contributed by atoms with van der Waals surface area (Å²) in [6.45, 7) is 7.56. The first-order chi connectivity index (χ1) is 17.5. The molecule has 0 fully saturated rings. The summed E-state index contributed by atoms with van der Waals surface area (Å²) in [7, 11) is 0. The molecule has 37 heavy (non-hydrogen) atoms. The number of fused-ring (bicyclic) bond motifs is 2. The molecule has 0 aliphatic carbocycles. The van der Waals surface area contributed by atoms with Crippen LogP contribution in [0.2, 0.25) is 0 Å². The Morgan fingerprint density at radius 3 is 2.70 bits per heavy atom. The molecule has 2 aromatic rings. The molecule has 0 radical (unpaired) electrons. The average Bonchev–Trinajstić information content (AvgIpc) is 2.85. The monoisotopic (exact) mass is 506 g/mol. The third kappa shape index (κ3) is 4.52. The van der Waals surface area contributed by atoms with Crippen molar-refractivity contribution in [3.05, 3.63) is 59.2 Å². The molecule has 3 heterocycles. The van der Waals surface area contributed by atoms with E-state index in [0.29, 0.717) is 41.0 Å². The second-order valence-electron chi connectivity index (χ2n) is 10.8. The van der Waals surface area contributed by atoms with Gasteiger partial charge >= 0.3 is 0 Å². The van der Waals surface area contributed by atoms with E-state index in [4.69, 9.17) is 15.2 Å². The van der Waals surface area contributed by atoms with Gasteiger partial charge in [0.1, 0.15) is 23.7 Å². The van der Waals surface area contributed by atoms with Gasteiger partial charge < -0.3 is 25.6 Å². The molecule has 0 saturated heterocycles. The predicted octanol–water partition coefficient (Wildman–Crippen LogP) is 3.23. The Bertz CT molecular complexity index is 1270. The van der Waals surface area contributed by atoms with Gasteiger partial charge in [-0.3, -0.25) is 14.5 Å². The molecule has 0 aromatic heterocycles. The van der Waals surface area contributed by atoms with Crippen LogP contribution >= 0.6 is 0 Å².